The second-order valence-corrected chi connectivity index (χ2v) is 7.20. The van der Waals surface area contributed by atoms with Gasteiger partial charge < -0.3 is 15.5 Å². The fourth-order valence-corrected chi connectivity index (χ4v) is 3.78. The molecular weight excluding hydrogens is 344 g/mol. The number of thiophene rings is 1. The molecule has 0 saturated heterocycles. The highest BCUT2D eigenvalue weighted by atomic mass is 32.1. The Labute approximate surface area is 159 Å². The van der Waals surface area contributed by atoms with E-state index in [1.807, 2.05) is 11.0 Å². The molecule has 0 bridgehead atoms. The fourth-order valence-electron chi connectivity index (χ4n) is 3.11. The number of carbonyl (C=O) groups excluding carboxylic acids is 1. The third kappa shape index (κ3) is 5.08. The van der Waals surface area contributed by atoms with Gasteiger partial charge in [-0.05, 0) is 46.4 Å². The molecule has 2 aromatic rings. The topological polar surface area (TPSA) is 56.7 Å². The van der Waals surface area contributed by atoms with E-state index in [0.29, 0.717) is 6.42 Å². The number of carbonyl (C=O) groups is 1. The van der Waals surface area contributed by atoms with Crippen molar-refractivity contribution in [2.75, 3.05) is 20.1 Å². The molecule has 0 atom stereocenters. The van der Waals surface area contributed by atoms with E-state index < -0.39 is 0 Å². The van der Waals surface area contributed by atoms with Crippen LogP contribution in [0, 0.1) is 0 Å². The van der Waals surface area contributed by atoms with Crippen molar-refractivity contribution in [3.63, 3.8) is 0 Å². The van der Waals surface area contributed by atoms with E-state index in [0.717, 1.165) is 45.0 Å². The van der Waals surface area contributed by atoms with Gasteiger partial charge in [0.2, 0.25) is 5.91 Å². The molecule has 1 aliphatic heterocycles. The lowest BCUT2D eigenvalue weighted by atomic mass is 9.99. The first-order valence-corrected chi connectivity index (χ1v) is 10.0. The Balaban J connectivity index is 1.36. The summed E-state index contributed by atoms with van der Waals surface area (Å²) in [7, 11) is 1.76. The van der Waals surface area contributed by atoms with Crippen LogP contribution in [-0.2, 0) is 24.3 Å². The Morgan fingerprint density at radius 2 is 2.08 bits per heavy atom. The van der Waals surface area contributed by atoms with Crippen LogP contribution in [0.5, 0.6) is 0 Å². The Morgan fingerprint density at radius 3 is 2.85 bits per heavy atom. The monoisotopic (exact) mass is 370 g/mol. The van der Waals surface area contributed by atoms with E-state index in [-0.39, 0.29) is 5.91 Å². The lowest BCUT2D eigenvalue weighted by molar-refractivity contribution is -0.132. The van der Waals surface area contributed by atoms with Crippen molar-refractivity contribution < 1.29 is 4.79 Å². The number of amides is 1. The fraction of sp³-hybridized carbons (Fsp3) is 0.400. The number of hydrogen-bond donors (Lipinski definition) is 2. The Morgan fingerprint density at radius 1 is 1.23 bits per heavy atom. The smallest absolute Gasteiger partial charge is 0.222 e. The molecule has 0 radical (unpaired) electrons. The summed E-state index contributed by atoms with van der Waals surface area (Å²) in [5.41, 5.74) is 3.90. The first kappa shape index (κ1) is 18.5. The molecule has 6 heteroatoms. The van der Waals surface area contributed by atoms with Gasteiger partial charge in [0.25, 0.3) is 0 Å². The normalized spacial score (nSPS) is 14.0. The average Bonchev–Trinajstić information content (AvgIpc) is 3.20. The molecule has 0 saturated carbocycles. The third-order valence-electron chi connectivity index (χ3n) is 4.61. The number of rotatable bonds is 6. The molecule has 0 unspecified atom stereocenters. The van der Waals surface area contributed by atoms with Gasteiger partial charge in [-0.25, -0.2) is 0 Å². The predicted molar refractivity (Wildman–Crippen MR) is 107 cm³/mol. The highest BCUT2D eigenvalue weighted by molar-refractivity contribution is 7.07. The molecule has 2 N–H and O–H groups in total. The maximum atomic E-state index is 12.5. The van der Waals surface area contributed by atoms with Crippen LogP contribution in [-0.4, -0.2) is 36.9 Å². The van der Waals surface area contributed by atoms with Crippen molar-refractivity contribution in [3.05, 3.63) is 57.8 Å². The van der Waals surface area contributed by atoms with Gasteiger partial charge in [0, 0.05) is 39.6 Å². The summed E-state index contributed by atoms with van der Waals surface area (Å²) >= 11 is 1.69. The Hall–Kier alpha value is -2.34. The molecule has 1 aromatic carbocycles. The van der Waals surface area contributed by atoms with E-state index in [9.17, 15) is 4.79 Å². The first-order valence-electron chi connectivity index (χ1n) is 9.06. The van der Waals surface area contributed by atoms with Gasteiger partial charge in [0.1, 0.15) is 0 Å². The molecule has 0 spiro atoms. The number of benzene rings is 1. The van der Waals surface area contributed by atoms with Crippen LogP contribution >= 0.6 is 11.3 Å². The van der Waals surface area contributed by atoms with Crippen molar-refractivity contribution >= 4 is 23.2 Å². The maximum Gasteiger partial charge on any atom is 0.222 e. The summed E-state index contributed by atoms with van der Waals surface area (Å²) in [5, 5.41) is 10.7. The molecule has 0 aliphatic carbocycles. The largest absolute Gasteiger partial charge is 0.356 e. The van der Waals surface area contributed by atoms with Crippen molar-refractivity contribution in [3.8, 4) is 0 Å². The number of aliphatic imine (C=N–C) groups is 1. The van der Waals surface area contributed by atoms with Crippen LogP contribution in [0.15, 0.2) is 46.1 Å². The third-order valence-corrected chi connectivity index (χ3v) is 5.34. The van der Waals surface area contributed by atoms with Gasteiger partial charge in [-0.3, -0.25) is 9.79 Å². The summed E-state index contributed by atoms with van der Waals surface area (Å²) in [6, 6.07) is 10.5. The second-order valence-electron chi connectivity index (χ2n) is 6.42. The van der Waals surface area contributed by atoms with Gasteiger partial charge in [-0.1, -0.05) is 24.3 Å². The Bertz CT molecular complexity index is 742. The van der Waals surface area contributed by atoms with E-state index in [1.54, 1.807) is 18.4 Å². The van der Waals surface area contributed by atoms with E-state index in [2.05, 4.69) is 50.7 Å². The molecule has 5 nitrogen and oxygen atoms in total. The molecule has 2 heterocycles. The predicted octanol–water partition coefficient (Wildman–Crippen LogP) is 2.78. The zero-order valence-electron chi connectivity index (χ0n) is 15.2. The highest BCUT2D eigenvalue weighted by Gasteiger charge is 2.19. The highest BCUT2D eigenvalue weighted by Crippen LogP contribution is 2.19. The van der Waals surface area contributed by atoms with Gasteiger partial charge in [-0.15, -0.1) is 0 Å². The maximum absolute atomic E-state index is 12.5. The molecule has 1 aromatic heterocycles. The average molecular weight is 371 g/mol. The summed E-state index contributed by atoms with van der Waals surface area (Å²) < 4.78 is 0. The van der Waals surface area contributed by atoms with Crippen LogP contribution in [0.4, 0.5) is 0 Å². The number of nitrogens with zero attached hydrogens (tertiary/aromatic N) is 2. The standard InChI is InChI=1S/C20H26N4OS/c1-21-20(23-13-16-9-12-26-15-16)22-10-4-7-19(25)24-11-8-17-5-2-3-6-18(17)14-24/h2-3,5-6,9,12,15H,4,7-8,10-11,13-14H2,1H3,(H2,21,22,23). The summed E-state index contributed by atoms with van der Waals surface area (Å²) in [6.07, 6.45) is 2.33. The van der Waals surface area contributed by atoms with Crippen molar-refractivity contribution in [2.24, 2.45) is 4.99 Å². The zero-order chi connectivity index (χ0) is 18.2. The lowest BCUT2D eigenvalue weighted by Gasteiger charge is -2.29. The zero-order valence-corrected chi connectivity index (χ0v) is 16.0. The first-order chi connectivity index (χ1) is 12.8. The number of nitrogens with one attached hydrogen (secondary N) is 2. The summed E-state index contributed by atoms with van der Waals surface area (Å²) in [6.45, 7) is 3.06. The van der Waals surface area contributed by atoms with Gasteiger partial charge in [0.05, 0.1) is 0 Å². The number of hydrogen-bond acceptors (Lipinski definition) is 3. The minimum Gasteiger partial charge on any atom is -0.356 e. The number of guanidine groups is 1. The quantitative estimate of drug-likeness (QED) is 0.467. The van der Waals surface area contributed by atoms with Crippen molar-refractivity contribution in [2.45, 2.75) is 32.4 Å². The van der Waals surface area contributed by atoms with Crippen LogP contribution in [0.1, 0.15) is 29.5 Å². The van der Waals surface area contributed by atoms with Crippen LogP contribution < -0.4 is 10.6 Å². The Kier molecular flexibility index (Phi) is 6.66. The molecular formula is C20H26N4OS. The van der Waals surface area contributed by atoms with E-state index in [1.165, 1.54) is 16.7 Å². The SMILES string of the molecule is CN=C(NCCCC(=O)N1CCc2ccccc2C1)NCc1ccsc1. The minimum atomic E-state index is 0.238. The molecule has 1 amide bonds. The molecule has 3 rings (SSSR count). The molecule has 0 fully saturated rings. The van der Waals surface area contributed by atoms with Crippen LogP contribution in [0.3, 0.4) is 0 Å². The van der Waals surface area contributed by atoms with E-state index >= 15 is 0 Å². The van der Waals surface area contributed by atoms with Gasteiger partial charge in [-0.2, -0.15) is 11.3 Å². The molecule has 26 heavy (non-hydrogen) atoms. The van der Waals surface area contributed by atoms with Crippen LogP contribution in [0.2, 0.25) is 0 Å². The summed E-state index contributed by atoms with van der Waals surface area (Å²) in [5.74, 6) is 1.01. The van der Waals surface area contributed by atoms with Crippen molar-refractivity contribution in [1.29, 1.82) is 0 Å². The lowest BCUT2D eigenvalue weighted by Crippen LogP contribution is -2.38. The summed E-state index contributed by atoms with van der Waals surface area (Å²) in [4.78, 5) is 18.7. The molecule has 1 aliphatic rings. The second kappa shape index (κ2) is 9.38. The van der Waals surface area contributed by atoms with Crippen molar-refractivity contribution in [1.82, 2.24) is 15.5 Å². The molecule has 138 valence electrons. The van der Waals surface area contributed by atoms with Crippen LogP contribution in [0.25, 0.3) is 0 Å². The number of fused-ring (bicyclic) bond motifs is 1. The van der Waals surface area contributed by atoms with Gasteiger partial charge in [0.15, 0.2) is 5.96 Å². The minimum absolute atomic E-state index is 0.238. The van der Waals surface area contributed by atoms with Gasteiger partial charge >= 0.3 is 0 Å². The van der Waals surface area contributed by atoms with E-state index in [4.69, 9.17) is 0 Å².